The van der Waals surface area contributed by atoms with Gasteiger partial charge in [0.15, 0.2) is 0 Å². The molecule has 1 saturated heterocycles. The number of carbonyl (C=O) groups excluding carboxylic acids is 1. The summed E-state index contributed by atoms with van der Waals surface area (Å²) < 4.78 is 0.848. The van der Waals surface area contributed by atoms with Crippen LogP contribution >= 0.6 is 27.3 Å². The van der Waals surface area contributed by atoms with Gasteiger partial charge in [0.2, 0.25) is 5.95 Å². The van der Waals surface area contributed by atoms with Crippen LogP contribution in [0.3, 0.4) is 0 Å². The Morgan fingerprint density at radius 2 is 1.94 bits per heavy atom. The Balaban J connectivity index is 1.27. The van der Waals surface area contributed by atoms with Gasteiger partial charge in [-0.2, -0.15) is 0 Å². The van der Waals surface area contributed by atoms with Crippen LogP contribution in [0.25, 0.3) is 10.4 Å². The number of amides is 1. The minimum absolute atomic E-state index is 0.0792. The van der Waals surface area contributed by atoms with Gasteiger partial charge in [0.05, 0.1) is 20.4 Å². The summed E-state index contributed by atoms with van der Waals surface area (Å²) in [4.78, 5) is 30.4. The Labute approximate surface area is 193 Å². The first-order valence-electron chi connectivity index (χ1n) is 10.8. The monoisotopic (exact) mass is 495 g/mol. The van der Waals surface area contributed by atoms with Crippen molar-refractivity contribution in [2.75, 3.05) is 11.9 Å². The Kier molecular flexibility index (Phi) is 4.79. The van der Waals surface area contributed by atoms with E-state index in [9.17, 15) is 4.79 Å². The van der Waals surface area contributed by atoms with Crippen molar-refractivity contribution in [3.8, 4) is 10.4 Å². The van der Waals surface area contributed by atoms with E-state index in [0.29, 0.717) is 36.1 Å². The van der Waals surface area contributed by atoms with E-state index in [2.05, 4.69) is 48.2 Å². The molecule has 3 fully saturated rings. The van der Waals surface area contributed by atoms with Crippen LogP contribution < -0.4 is 5.32 Å². The summed E-state index contributed by atoms with van der Waals surface area (Å²) in [6.45, 7) is 0.653. The number of aromatic nitrogens is 3. The average Bonchev–Trinajstić information content (AvgIpc) is 3.71. The number of thiazole rings is 1. The maximum atomic E-state index is 13.8. The van der Waals surface area contributed by atoms with E-state index in [1.807, 2.05) is 18.2 Å². The largest absolute Gasteiger partial charge is 0.352 e. The van der Waals surface area contributed by atoms with Crippen molar-refractivity contribution in [3.63, 3.8) is 0 Å². The quantitative estimate of drug-likeness (QED) is 0.523. The number of halogens is 1. The molecule has 3 atom stereocenters. The van der Waals surface area contributed by atoms with Crippen LogP contribution in [0, 0.1) is 5.92 Å². The van der Waals surface area contributed by atoms with Crippen LogP contribution in [0.15, 0.2) is 47.2 Å². The molecule has 3 aliphatic rings. The van der Waals surface area contributed by atoms with Crippen LogP contribution in [-0.4, -0.2) is 44.4 Å². The van der Waals surface area contributed by atoms with E-state index in [0.717, 1.165) is 32.8 Å². The van der Waals surface area contributed by atoms with Crippen molar-refractivity contribution in [1.82, 2.24) is 19.9 Å². The van der Waals surface area contributed by atoms with Gasteiger partial charge >= 0.3 is 0 Å². The number of fused-ring (bicyclic) bond motifs is 1. The third kappa shape index (κ3) is 3.76. The van der Waals surface area contributed by atoms with Crippen LogP contribution in [0.1, 0.15) is 47.1 Å². The van der Waals surface area contributed by atoms with Gasteiger partial charge in [0.25, 0.3) is 5.91 Å². The Bertz CT molecular complexity index is 1110. The van der Waals surface area contributed by atoms with Gasteiger partial charge in [0.1, 0.15) is 5.69 Å². The molecule has 0 bridgehead atoms. The fraction of sp³-hybridized carbons (Fsp3) is 0.391. The number of carbonyl (C=O) groups is 1. The Hall–Kier alpha value is -2.32. The van der Waals surface area contributed by atoms with Crippen molar-refractivity contribution in [2.24, 2.45) is 5.92 Å². The average molecular weight is 496 g/mol. The molecule has 0 spiro atoms. The number of benzene rings is 1. The van der Waals surface area contributed by atoms with Crippen molar-refractivity contribution < 1.29 is 4.79 Å². The van der Waals surface area contributed by atoms with Crippen molar-refractivity contribution >= 4 is 39.1 Å². The molecule has 3 aromatic rings. The standard InChI is InChI=1S/C23H22BrN5OS/c24-16-10-25-23(26-11-16)27-12-17-8-15-9-18(15)29(17)22(30)19-20(13-4-2-1-3-5-13)31-21(28-19)14-6-7-14/h1-5,10-11,14-15,17-18H,6-9,12H2,(H,25,26,27)/t15-,17+,18+/m1/s1. The number of likely N-dealkylation sites (tertiary alicyclic amines) is 1. The second kappa shape index (κ2) is 7.67. The van der Waals surface area contributed by atoms with E-state index < -0.39 is 0 Å². The van der Waals surface area contributed by atoms with Crippen molar-refractivity contribution in [1.29, 1.82) is 0 Å². The summed E-state index contributed by atoms with van der Waals surface area (Å²) in [5.74, 6) is 1.82. The lowest BCUT2D eigenvalue weighted by Gasteiger charge is -2.27. The molecule has 8 heteroatoms. The summed E-state index contributed by atoms with van der Waals surface area (Å²) in [5.41, 5.74) is 1.72. The summed E-state index contributed by atoms with van der Waals surface area (Å²) in [7, 11) is 0. The first kappa shape index (κ1) is 19.4. The zero-order chi connectivity index (χ0) is 20.9. The maximum absolute atomic E-state index is 13.8. The highest BCUT2D eigenvalue weighted by molar-refractivity contribution is 9.10. The topological polar surface area (TPSA) is 71.0 Å². The molecule has 6 rings (SSSR count). The fourth-order valence-corrected chi connectivity index (χ4v) is 6.00. The summed E-state index contributed by atoms with van der Waals surface area (Å²) in [5, 5.41) is 4.43. The van der Waals surface area contributed by atoms with Crippen molar-refractivity contribution in [3.05, 3.63) is 57.9 Å². The molecular weight excluding hydrogens is 474 g/mol. The smallest absolute Gasteiger partial charge is 0.274 e. The lowest BCUT2D eigenvalue weighted by molar-refractivity contribution is 0.0704. The van der Waals surface area contributed by atoms with Gasteiger partial charge in [-0.05, 0) is 53.1 Å². The predicted octanol–water partition coefficient (Wildman–Crippen LogP) is 4.96. The second-order valence-electron chi connectivity index (χ2n) is 8.64. The van der Waals surface area contributed by atoms with E-state index >= 15 is 0 Å². The molecule has 2 saturated carbocycles. The number of rotatable bonds is 6. The molecule has 1 N–H and O–H groups in total. The van der Waals surface area contributed by atoms with E-state index in [1.54, 1.807) is 23.7 Å². The minimum atomic E-state index is 0.0792. The minimum Gasteiger partial charge on any atom is -0.352 e. The first-order valence-corrected chi connectivity index (χ1v) is 12.4. The molecular formula is C23H22BrN5OS. The number of hydrogen-bond acceptors (Lipinski definition) is 6. The van der Waals surface area contributed by atoms with Crippen LogP contribution in [0.2, 0.25) is 0 Å². The number of nitrogens with zero attached hydrogens (tertiary/aromatic N) is 4. The van der Waals surface area contributed by atoms with E-state index in [1.165, 1.54) is 12.8 Å². The lowest BCUT2D eigenvalue weighted by atomic mass is 10.1. The molecule has 158 valence electrons. The molecule has 1 aromatic carbocycles. The summed E-state index contributed by atoms with van der Waals surface area (Å²) >= 11 is 5.06. The summed E-state index contributed by atoms with van der Waals surface area (Å²) in [6, 6.07) is 10.7. The molecule has 2 aliphatic carbocycles. The highest BCUT2D eigenvalue weighted by atomic mass is 79.9. The molecule has 1 aliphatic heterocycles. The molecule has 0 unspecified atom stereocenters. The van der Waals surface area contributed by atoms with Gasteiger partial charge in [-0.15, -0.1) is 11.3 Å². The fourth-order valence-electron chi connectivity index (χ4n) is 4.56. The maximum Gasteiger partial charge on any atom is 0.274 e. The third-order valence-electron chi connectivity index (χ3n) is 6.37. The normalized spacial score (nSPS) is 24.2. The number of hydrogen-bond donors (Lipinski definition) is 1. The highest BCUT2D eigenvalue weighted by Gasteiger charge is 2.54. The number of anilines is 1. The van der Waals surface area contributed by atoms with Gasteiger partial charge < -0.3 is 10.2 Å². The Morgan fingerprint density at radius 1 is 1.16 bits per heavy atom. The van der Waals surface area contributed by atoms with Crippen LogP contribution in [-0.2, 0) is 0 Å². The zero-order valence-electron chi connectivity index (χ0n) is 16.9. The molecule has 1 amide bonds. The van der Waals surface area contributed by atoms with E-state index in [-0.39, 0.29) is 11.9 Å². The number of nitrogens with one attached hydrogen (secondary N) is 1. The predicted molar refractivity (Wildman–Crippen MR) is 124 cm³/mol. The van der Waals surface area contributed by atoms with Crippen LogP contribution in [0.4, 0.5) is 5.95 Å². The number of piperidine rings is 1. The lowest BCUT2D eigenvalue weighted by Crippen LogP contribution is -2.42. The van der Waals surface area contributed by atoms with Gasteiger partial charge in [-0.1, -0.05) is 30.3 Å². The molecule has 31 heavy (non-hydrogen) atoms. The van der Waals surface area contributed by atoms with Crippen molar-refractivity contribution in [2.45, 2.75) is 43.7 Å². The second-order valence-corrected chi connectivity index (χ2v) is 10.6. The van der Waals surface area contributed by atoms with Gasteiger partial charge in [0, 0.05) is 30.9 Å². The van der Waals surface area contributed by atoms with Gasteiger partial charge in [-0.25, -0.2) is 15.0 Å². The molecule has 3 heterocycles. The van der Waals surface area contributed by atoms with E-state index in [4.69, 9.17) is 4.98 Å². The molecule has 2 aromatic heterocycles. The summed E-state index contributed by atoms with van der Waals surface area (Å²) in [6.07, 6.45) is 7.96. The zero-order valence-corrected chi connectivity index (χ0v) is 19.3. The first-order chi connectivity index (χ1) is 15.2. The molecule has 0 radical (unpaired) electrons. The Morgan fingerprint density at radius 3 is 2.68 bits per heavy atom. The SMILES string of the molecule is O=C(c1nc(C2CC2)sc1-c1ccccc1)N1[C@H](CNc2ncc(Br)cn2)C[C@@H]2C[C@@H]21. The van der Waals surface area contributed by atoms with Gasteiger partial charge in [-0.3, -0.25) is 4.79 Å². The third-order valence-corrected chi connectivity index (χ3v) is 8.05. The molecule has 6 nitrogen and oxygen atoms in total. The highest BCUT2D eigenvalue weighted by Crippen LogP contribution is 2.50. The van der Waals surface area contributed by atoms with Crippen LogP contribution in [0.5, 0.6) is 0 Å².